The van der Waals surface area contributed by atoms with E-state index in [9.17, 15) is 9.59 Å². The van der Waals surface area contributed by atoms with Gasteiger partial charge in [0.2, 0.25) is 0 Å². The quantitative estimate of drug-likeness (QED) is 0.218. The third kappa shape index (κ3) is 15.4. The van der Waals surface area contributed by atoms with Crippen LogP contribution in [0.5, 0.6) is 0 Å². The molecule has 4 rings (SSSR count). The van der Waals surface area contributed by atoms with Gasteiger partial charge < -0.3 is 19.3 Å². The van der Waals surface area contributed by atoms with E-state index in [0.29, 0.717) is 26.1 Å². The SMILES string of the molecule is CN1CCC(CCCOC(=O)Cc2ccccc2)CC1.CN1CCC(CCCOC(=O)Cc2ccccc2)CC1.Cl. The topological polar surface area (TPSA) is 59.1 Å². The predicted molar refractivity (Wildman–Crippen MR) is 168 cm³/mol. The van der Waals surface area contributed by atoms with Gasteiger partial charge in [0.15, 0.2) is 0 Å². The molecule has 0 radical (unpaired) electrons. The zero-order chi connectivity index (χ0) is 28.4. The molecule has 6 nitrogen and oxygen atoms in total. The standard InChI is InChI=1S/2C17H25NO2.ClH/c2*1-18-11-9-15(10-12-18)8-5-13-20-17(19)14-16-6-3-2-4-7-16;/h2*2-4,6-7,15H,5,8-14H2,1H3;1H. The number of benzene rings is 2. The molecule has 0 unspecified atom stereocenters. The predicted octanol–water partition coefficient (Wildman–Crippen LogP) is 6.21. The number of ether oxygens (including phenoxy) is 2. The molecule has 0 bridgehead atoms. The fourth-order valence-electron chi connectivity index (χ4n) is 5.44. The van der Waals surface area contributed by atoms with E-state index in [4.69, 9.17) is 9.47 Å². The highest BCUT2D eigenvalue weighted by molar-refractivity contribution is 5.85. The van der Waals surface area contributed by atoms with Gasteiger partial charge in [-0.15, -0.1) is 12.4 Å². The van der Waals surface area contributed by atoms with E-state index in [1.54, 1.807) is 0 Å². The molecule has 0 aromatic heterocycles. The number of carbonyl (C=O) groups excluding carboxylic acids is 2. The second kappa shape index (κ2) is 20.5. The number of hydrogen-bond donors (Lipinski definition) is 0. The normalized spacial score (nSPS) is 16.6. The van der Waals surface area contributed by atoms with Crippen LogP contribution in [-0.2, 0) is 31.9 Å². The second-order valence-corrected chi connectivity index (χ2v) is 11.5. The molecule has 7 heteroatoms. The van der Waals surface area contributed by atoms with Crippen molar-refractivity contribution < 1.29 is 19.1 Å². The van der Waals surface area contributed by atoms with Crippen LogP contribution in [-0.4, -0.2) is 75.2 Å². The Balaban J connectivity index is 0.000000280. The van der Waals surface area contributed by atoms with Gasteiger partial charge in [-0.25, -0.2) is 0 Å². The fourth-order valence-corrected chi connectivity index (χ4v) is 5.44. The smallest absolute Gasteiger partial charge is 0.310 e. The molecular weight excluding hydrogens is 536 g/mol. The van der Waals surface area contributed by atoms with Crippen LogP contribution in [0.15, 0.2) is 60.7 Å². The second-order valence-electron chi connectivity index (χ2n) is 11.5. The van der Waals surface area contributed by atoms with Gasteiger partial charge in [-0.3, -0.25) is 9.59 Å². The molecule has 0 N–H and O–H groups in total. The van der Waals surface area contributed by atoms with Gasteiger partial charge >= 0.3 is 11.9 Å². The zero-order valence-corrected chi connectivity index (χ0v) is 26.0. The van der Waals surface area contributed by atoms with Crippen molar-refractivity contribution in [2.75, 3.05) is 53.5 Å². The summed E-state index contributed by atoms with van der Waals surface area (Å²) in [4.78, 5) is 28.1. The summed E-state index contributed by atoms with van der Waals surface area (Å²) in [7, 11) is 4.36. The van der Waals surface area contributed by atoms with Crippen LogP contribution in [0.4, 0.5) is 0 Å². The van der Waals surface area contributed by atoms with Gasteiger partial charge in [0, 0.05) is 0 Å². The van der Waals surface area contributed by atoms with Crippen molar-refractivity contribution >= 4 is 24.3 Å². The fraction of sp³-hybridized carbons (Fsp3) is 0.588. The Morgan fingerprint density at radius 2 is 0.976 bits per heavy atom. The molecule has 2 heterocycles. The first-order chi connectivity index (χ1) is 19.5. The lowest BCUT2D eigenvalue weighted by atomic mass is 9.93. The van der Waals surface area contributed by atoms with Crippen molar-refractivity contribution in [3.63, 3.8) is 0 Å². The minimum Gasteiger partial charge on any atom is -0.465 e. The van der Waals surface area contributed by atoms with Gasteiger partial charge in [-0.05, 0) is 115 Å². The molecule has 0 saturated carbocycles. The first-order valence-corrected chi connectivity index (χ1v) is 15.2. The number of esters is 2. The van der Waals surface area contributed by atoms with Crippen LogP contribution >= 0.6 is 12.4 Å². The summed E-state index contributed by atoms with van der Waals surface area (Å²) >= 11 is 0. The van der Waals surface area contributed by atoms with Gasteiger partial charge in [-0.1, -0.05) is 60.7 Å². The highest BCUT2D eigenvalue weighted by Crippen LogP contribution is 2.21. The molecule has 2 aliphatic heterocycles. The Hall–Kier alpha value is -2.41. The summed E-state index contributed by atoms with van der Waals surface area (Å²) < 4.78 is 10.6. The Kier molecular flexibility index (Phi) is 17.4. The van der Waals surface area contributed by atoms with Crippen LogP contribution in [0.25, 0.3) is 0 Å². The minimum absolute atomic E-state index is 0. The Morgan fingerprint density at radius 3 is 1.32 bits per heavy atom. The Morgan fingerprint density at radius 1 is 0.634 bits per heavy atom. The molecule has 2 aromatic carbocycles. The van der Waals surface area contributed by atoms with Crippen molar-refractivity contribution in [3.05, 3.63) is 71.8 Å². The molecule has 0 aliphatic carbocycles. The van der Waals surface area contributed by atoms with Crippen molar-refractivity contribution in [1.29, 1.82) is 0 Å². The van der Waals surface area contributed by atoms with E-state index < -0.39 is 0 Å². The highest BCUT2D eigenvalue weighted by atomic mass is 35.5. The number of halogens is 1. The third-order valence-electron chi connectivity index (χ3n) is 8.10. The van der Waals surface area contributed by atoms with E-state index in [1.807, 2.05) is 60.7 Å². The number of hydrogen-bond acceptors (Lipinski definition) is 6. The van der Waals surface area contributed by atoms with Crippen LogP contribution in [0.3, 0.4) is 0 Å². The van der Waals surface area contributed by atoms with Gasteiger partial charge in [0.05, 0.1) is 26.1 Å². The Bertz CT molecular complexity index is 880. The molecule has 228 valence electrons. The third-order valence-corrected chi connectivity index (χ3v) is 8.10. The summed E-state index contributed by atoms with van der Waals surface area (Å²) in [6, 6.07) is 19.5. The number of rotatable bonds is 12. The van der Waals surface area contributed by atoms with Crippen LogP contribution in [0.1, 0.15) is 62.5 Å². The molecule has 2 saturated heterocycles. The van der Waals surface area contributed by atoms with Crippen LogP contribution < -0.4 is 0 Å². The number of piperidine rings is 2. The van der Waals surface area contributed by atoms with Crippen LogP contribution in [0, 0.1) is 11.8 Å². The van der Waals surface area contributed by atoms with Crippen molar-refractivity contribution in [2.24, 2.45) is 11.8 Å². The summed E-state index contributed by atoms with van der Waals surface area (Å²) in [5.41, 5.74) is 2.04. The molecule has 0 spiro atoms. The molecule has 0 atom stereocenters. The molecule has 2 aliphatic rings. The first kappa shape index (κ1) is 34.8. The Labute approximate surface area is 254 Å². The summed E-state index contributed by atoms with van der Waals surface area (Å²) in [6.07, 6.45) is 10.3. The number of nitrogens with zero attached hydrogens (tertiary/aromatic N) is 2. The maximum absolute atomic E-state index is 11.7. The average molecular weight is 587 g/mol. The van der Waals surface area contributed by atoms with E-state index >= 15 is 0 Å². The molecular formula is C34H51ClN2O4. The maximum atomic E-state index is 11.7. The number of carbonyl (C=O) groups is 2. The van der Waals surface area contributed by atoms with E-state index in [0.717, 1.165) is 35.8 Å². The van der Waals surface area contributed by atoms with Gasteiger partial charge in [-0.2, -0.15) is 0 Å². The number of likely N-dealkylation sites (tertiary alicyclic amines) is 2. The summed E-state index contributed by atoms with van der Waals surface area (Å²) in [6.45, 7) is 5.96. The molecule has 2 aromatic rings. The van der Waals surface area contributed by atoms with E-state index in [1.165, 1.54) is 64.7 Å². The lowest BCUT2D eigenvalue weighted by molar-refractivity contribution is -0.144. The molecule has 41 heavy (non-hydrogen) atoms. The molecule has 0 amide bonds. The van der Waals surface area contributed by atoms with E-state index in [2.05, 4.69) is 23.9 Å². The van der Waals surface area contributed by atoms with Crippen molar-refractivity contribution in [1.82, 2.24) is 9.80 Å². The largest absolute Gasteiger partial charge is 0.465 e. The first-order valence-electron chi connectivity index (χ1n) is 15.2. The summed E-state index contributed by atoms with van der Waals surface area (Å²) in [5, 5.41) is 0. The average Bonchev–Trinajstić information content (AvgIpc) is 2.97. The lowest BCUT2D eigenvalue weighted by Crippen LogP contribution is -2.30. The van der Waals surface area contributed by atoms with Gasteiger partial charge in [0.25, 0.3) is 0 Å². The van der Waals surface area contributed by atoms with Crippen molar-refractivity contribution in [2.45, 2.75) is 64.2 Å². The highest BCUT2D eigenvalue weighted by Gasteiger charge is 2.17. The van der Waals surface area contributed by atoms with Crippen LogP contribution in [0.2, 0.25) is 0 Å². The van der Waals surface area contributed by atoms with E-state index in [-0.39, 0.29) is 24.3 Å². The lowest BCUT2D eigenvalue weighted by Gasteiger charge is -2.28. The monoisotopic (exact) mass is 586 g/mol. The maximum Gasteiger partial charge on any atom is 0.310 e. The van der Waals surface area contributed by atoms with Crippen molar-refractivity contribution in [3.8, 4) is 0 Å². The minimum atomic E-state index is -0.112. The summed E-state index contributed by atoms with van der Waals surface area (Å²) in [5.74, 6) is 1.41. The molecule has 2 fully saturated rings. The zero-order valence-electron chi connectivity index (χ0n) is 25.2. The van der Waals surface area contributed by atoms with Gasteiger partial charge in [0.1, 0.15) is 0 Å².